The average Bonchev–Trinajstić information content (AvgIpc) is 2.76. The first kappa shape index (κ1) is 14.5. The van der Waals surface area contributed by atoms with Crippen LogP contribution in [0.1, 0.15) is 33.1 Å². The van der Waals surface area contributed by atoms with Gasteiger partial charge in [-0.3, -0.25) is 9.59 Å². The molecule has 1 fully saturated rings. The number of nitrogens with one attached hydrogen (secondary N) is 1. The summed E-state index contributed by atoms with van der Waals surface area (Å²) in [4.78, 5) is 23.3. The van der Waals surface area contributed by atoms with Crippen molar-refractivity contribution in [2.75, 3.05) is 13.7 Å². The highest BCUT2D eigenvalue weighted by molar-refractivity contribution is 5.97. The predicted molar refractivity (Wildman–Crippen MR) is 66.7 cm³/mol. The van der Waals surface area contributed by atoms with Gasteiger partial charge in [0.25, 0.3) is 0 Å². The zero-order valence-electron chi connectivity index (χ0n) is 11.2. The molecular formula is C13H21NO4. The van der Waals surface area contributed by atoms with Crippen LogP contribution in [0.4, 0.5) is 0 Å². The number of amides is 1. The van der Waals surface area contributed by atoms with Crippen LogP contribution in [-0.2, 0) is 19.1 Å². The number of ether oxygens (including phenoxy) is 2. The van der Waals surface area contributed by atoms with Gasteiger partial charge in [0.05, 0.1) is 26.0 Å². The Morgan fingerprint density at radius 2 is 2.28 bits per heavy atom. The van der Waals surface area contributed by atoms with Gasteiger partial charge >= 0.3 is 5.97 Å². The van der Waals surface area contributed by atoms with Crippen LogP contribution in [0, 0.1) is 5.92 Å². The Bertz CT molecular complexity index is 338. The minimum Gasteiger partial charge on any atom is -0.504 e. The van der Waals surface area contributed by atoms with E-state index >= 15 is 0 Å². The Balaban J connectivity index is 2.53. The second kappa shape index (κ2) is 7.03. The van der Waals surface area contributed by atoms with Crippen LogP contribution in [0.3, 0.4) is 0 Å². The predicted octanol–water partition coefficient (Wildman–Crippen LogP) is 1.38. The van der Waals surface area contributed by atoms with Gasteiger partial charge in [-0.05, 0) is 38.7 Å². The van der Waals surface area contributed by atoms with E-state index < -0.39 is 11.9 Å². The van der Waals surface area contributed by atoms with Crippen LogP contribution in [-0.4, -0.2) is 31.6 Å². The Morgan fingerprint density at radius 3 is 2.89 bits per heavy atom. The van der Waals surface area contributed by atoms with Crippen molar-refractivity contribution in [3.63, 3.8) is 0 Å². The summed E-state index contributed by atoms with van der Waals surface area (Å²) in [7, 11) is 1.59. The largest absolute Gasteiger partial charge is 0.504 e. The van der Waals surface area contributed by atoms with E-state index in [0.29, 0.717) is 0 Å². The molecule has 0 aromatic heterocycles. The summed E-state index contributed by atoms with van der Waals surface area (Å²) in [6, 6.07) is -0.0191. The molecule has 0 heterocycles. The van der Waals surface area contributed by atoms with Crippen molar-refractivity contribution in [2.24, 2.45) is 5.92 Å². The Labute approximate surface area is 108 Å². The normalized spacial score (nSPS) is 22.6. The van der Waals surface area contributed by atoms with Crippen LogP contribution in [0.15, 0.2) is 11.8 Å². The molecule has 0 spiro atoms. The minimum atomic E-state index is -0.769. The molecule has 1 rings (SSSR count). The molecule has 0 aliphatic heterocycles. The van der Waals surface area contributed by atoms with Gasteiger partial charge in [-0.2, -0.15) is 0 Å². The van der Waals surface area contributed by atoms with Gasteiger partial charge in [0.15, 0.2) is 0 Å². The highest BCUT2D eigenvalue weighted by Crippen LogP contribution is 2.25. The van der Waals surface area contributed by atoms with Crippen molar-refractivity contribution in [3.8, 4) is 0 Å². The summed E-state index contributed by atoms with van der Waals surface area (Å²) in [5.74, 6) is -1.54. The van der Waals surface area contributed by atoms with Crippen molar-refractivity contribution in [3.05, 3.63) is 11.8 Å². The standard InChI is InChI=1S/C13H21NO4/c1-4-18-13(16)9(2)12(15)14-11-7-5-6-10(11)8-17-3/h8-9,11H,4-7H2,1-3H3,(H,14,15)/b10-8+. The smallest absolute Gasteiger partial charge is 0.318 e. The fourth-order valence-corrected chi connectivity index (χ4v) is 2.00. The molecule has 1 aliphatic rings. The highest BCUT2D eigenvalue weighted by atomic mass is 16.5. The lowest BCUT2D eigenvalue weighted by atomic mass is 10.1. The molecule has 0 radical (unpaired) electrons. The van der Waals surface area contributed by atoms with Crippen LogP contribution in [0.25, 0.3) is 0 Å². The molecule has 0 aromatic rings. The van der Waals surface area contributed by atoms with Crippen molar-refractivity contribution < 1.29 is 19.1 Å². The van der Waals surface area contributed by atoms with Gasteiger partial charge in [-0.25, -0.2) is 0 Å². The van der Waals surface area contributed by atoms with Crippen LogP contribution in [0.5, 0.6) is 0 Å². The lowest BCUT2D eigenvalue weighted by Crippen LogP contribution is -2.40. The molecule has 0 aromatic carbocycles. The maximum atomic E-state index is 11.9. The van der Waals surface area contributed by atoms with E-state index in [1.54, 1.807) is 27.2 Å². The molecule has 18 heavy (non-hydrogen) atoms. The number of carbonyl (C=O) groups excluding carboxylic acids is 2. The van der Waals surface area contributed by atoms with E-state index in [9.17, 15) is 9.59 Å². The van der Waals surface area contributed by atoms with E-state index in [0.717, 1.165) is 24.8 Å². The van der Waals surface area contributed by atoms with Gasteiger partial charge in [0, 0.05) is 0 Å². The number of carbonyl (C=O) groups is 2. The Kier molecular flexibility index (Phi) is 5.68. The van der Waals surface area contributed by atoms with Gasteiger partial charge < -0.3 is 14.8 Å². The summed E-state index contributed by atoms with van der Waals surface area (Å²) in [5, 5.41) is 2.86. The third kappa shape index (κ3) is 3.75. The second-order valence-corrected chi connectivity index (χ2v) is 4.36. The molecular weight excluding hydrogens is 234 g/mol. The van der Waals surface area contributed by atoms with Crippen LogP contribution < -0.4 is 5.32 Å². The number of hydrogen-bond acceptors (Lipinski definition) is 4. The molecule has 5 heteroatoms. The third-order valence-electron chi connectivity index (χ3n) is 3.02. The van der Waals surface area contributed by atoms with E-state index in [2.05, 4.69) is 5.32 Å². The first-order valence-corrected chi connectivity index (χ1v) is 6.28. The molecule has 5 nitrogen and oxygen atoms in total. The topological polar surface area (TPSA) is 64.6 Å². The van der Waals surface area contributed by atoms with Crippen molar-refractivity contribution >= 4 is 11.9 Å². The van der Waals surface area contributed by atoms with Crippen LogP contribution in [0.2, 0.25) is 0 Å². The minimum absolute atomic E-state index is 0.0191. The van der Waals surface area contributed by atoms with Crippen molar-refractivity contribution in [1.82, 2.24) is 5.32 Å². The van der Waals surface area contributed by atoms with Crippen LogP contribution >= 0.6 is 0 Å². The molecule has 1 N–H and O–H groups in total. The number of esters is 1. The fraction of sp³-hybridized carbons (Fsp3) is 0.692. The average molecular weight is 255 g/mol. The Morgan fingerprint density at radius 1 is 1.56 bits per heavy atom. The van der Waals surface area contributed by atoms with Crippen molar-refractivity contribution in [1.29, 1.82) is 0 Å². The summed E-state index contributed by atoms with van der Waals surface area (Å²) < 4.78 is 9.80. The van der Waals surface area contributed by atoms with Gasteiger partial charge in [0.1, 0.15) is 5.92 Å². The number of rotatable bonds is 5. The molecule has 1 amide bonds. The molecule has 102 valence electrons. The summed E-state index contributed by atoms with van der Waals surface area (Å²) >= 11 is 0. The summed E-state index contributed by atoms with van der Waals surface area (Å²) in [6.45, 7) is 3.57. The van der Waals surface area contributed by atoms with E-state index in [-0.39, 0.29) is 18.6 Å². The molecule has 1 saturated carbocycles. The second-order valence-electron chi connectivity index (χ2n) is 4.36. The highest BCUT2D eigenvalue weighted by Gasteiger charge is 2.28. The van der Waals surface area contributed by atoms with Gasteiger partial charge in [-0.1, -0.05) is 0 Å². The Hall–Kier alpha value is -1.52. The first-order valence-electron chi connectivity index (χ1n) is 6.28. The summed E-state index contributed by atoms with van der Waals surface area (Å²) in [6.07, 6.45) is 4.50. The molecule has 1 aliphatic carbocycles. The van der Waals surface area contributed by atoms with E-state index in [1.807, 2.05) is 0 Å². The van der Waals surface area contributed by atoms with Gasteiger partial charge in [0.2, 0.25) is 5.91 Å². The fourth-order valence-electron chi connectivity index (χ4n) is 2.00. The molecule has 2 unspecified atom stereocenters. The SMILES string of the molecule is CCOC(=O)C(C)C(=O)NC1CCC/C1=C\OC. The van der Waals surface area contributed by atoms with Crippen molar-refractivity contribution in [2.45, 2.75) is 39.2 Å². The summed E-state index contributed by atoms with van der Waals surface area (Å²) in [5.41, 5.74) is 1.07. The number of methoxy groups -OCH3 is 1. The third-order valence-corrected chi connectivity index (χ3v) is 3.02. The molecule has 0 bridgehead atoms. The lowest BCUT2D eigenvalue weighted by molar-refractivity contribution is -0.151. The zero-order chi connectivity index (χ0) is 13.5. The van der Waals surface area contributed by atoms with E-state index in [4.69, 9.17) is 9.47 Å². The number of hydrogen-bond donors (Lipinski definition) is 1. The van der Waals surface area contributed by atoms with E-state index in [1.165, 1.54) is 0 Å². The monoisotopic (exact) mass is 255 g/mol. The maximum absolute atomic E-state index is 11.9. The maximum Gasteiger partial charge on any atom is 0.318 e. The van der Waals surface area contributed by atoms with Gasteiger partial charge in [-0.15, -0.1) is 0 Å². The first-order chi connectivity index (χ1) is 8.60. The lowest BCUT2D eigenvalue weighted by Gasteiger charge is -2.17. The zero-order valence-corrected chi connectivity index (χ0v) is 11.2. The quantitative estimate of drug-likeness (QED) is 0.458. The molecule has 0 saturated heterocycles. The molecule has 2 atom stereocenters.